The van der Waals surface area contributed by atoms with Gasteiger partial charge < -0.3 is 29.3 Å². The highest BCUT2D eigenvalue weighted by Gasteiger charge is 2.27. The van der Waals surface area contributed by atoms with Gasteiger partial charge in [0.2, 0.25) is 0 Å². The van der Waals surface area contributed by atoms with Crippen LogP contribution in [-0.2, 0) is 9.47 Å². The second-order valence-electron chi connectivity index (χ2n) is 7.96. The molecule has 1 aliphatic carbocycles. The quantitative estimate of drug-likeness (QED) is 0.303. The fourth-order valence-electron chi connectivity index (χ4n) is 4.11. The topological polar surface area (TPSA) is 91.7 Å². The molecule has 2 N–H and O–H groups in total. The Kier molecular flexibility index (Phi) is 11.4. The minimum Gasteiger partial charge on any atom is -0.499 e. The van der Waals surface area contributed by atoms with Crippen LogP contribution < -0.4 is 9.64 Å². The van der Waals surface area contributed by atoms with Gasteiger partial charge in [0.05, 0.1) is 52.4 Å². The van der Waals surface area contributed by atoms with E-state index in [0.29, 0.717) is 50.7 Å². The van der Waals surface area contributed by atoms with Gasteiger partial charge in [-0.3, -0.25) is 9.69 Å². The number of nitrogens with zero attached hydrogens (tertiary/aromatic N) is 2. The zero-order chi connectivity index (χ0) is 24.2. The van der Waals surface area contributed by atoms with Crippen molar-refractivity contribution in [3.8, 4) is 5.75 Å². The highest BCUT2D eigenvalue weighted by molar-refractivity contribution is 5.78. The number of allylic oxidation sites excluding steroid dienone is 2. The number of methoxy groups -OCH3 is 2. The lowest BCUT2D eigenvalue weighted by Crippen LogP contribution is -2.42. The Balaban J connectivity index is 1.94. The van der Waals surface area contributed by atoms with Crippen LogP contribution in [-0.4, -0.2) is 94.3 Å². The van der Waals surface area contributed by atoms with Crippen molar-refractivity contribution in [2.24, 2.45) is 0 Å². The fourth-order valence-corrected chi connectivity index (χ4v) is 4.11. The molecule has 1 aliphatic rings. The smallest absolute Gasteiger partial charge is 0.150 e. The number of benzene rings is 1. The van der Waals surface area contributed by atoms with Gasteiger partial charge in [-0.05, 0) is 49.6 Å². The zero-order valence-electron chi connectivity index (χ0n) is 20.2. The van der Waals surface area contributed by atoms with Crippen molar-refractivity contribution in [2.45, 2.75) is 26.3 Å². The van der Waals surface area contributed by atoms with Gasteiger partial charge in [0.15, 0.2) is 0 Å². The molecule has 0 heterocycles. The van der Waals surface area contributed by atoms with Gasteiger partial charge >= 0.3 is 0 Å². The average molecular weight is 463 g/mol. The molecule has 8 heteroatoms. The van der Waals surface area contributed by atoms with Gasteiger partial charge in [-0.15, -0.1) is 0 Å². The van der Waals surface area contributed by atoms with Gasteiger partial charge in [0, 0.05) is 31.7 Å². The van der Waals surface area contributed by atoms with E-state index in [1.807, 2.05) is 11.0 Å². The summed E-state index contributed by atoms with van der Waals surface area (Å²) in [6, 6.07) is 5.32. The van der Waals surface area contributed by atoms with Gasteiger partial charge in [-0.2, -0.15) is 0 Å². The maximum atomic E-state index is 11.1. The summed E-state index contributed by atoms with van der Waals surface area (Å²) in [5.41, 5.74) is 3.71. The Bertz CT molecular complexity index is 823. The molecule has 1 unspecified atom stereocenters. The molecule has 0 aliphatic heterocycles. The third kappa shape index (κ3) is 7.30. The number of anilines is 1. The van der Waals surface area contributed by atoms with Crippen molar-refractivity contribution >= 4 is 12.0 Å². The van der Waals surface area contributed by atoms with Crippen molar-refractivity contribution in [3.05, 3.63) is 46.7 Å². The Morgan fingerprint density at radius 2 is 1.76 bits per heavy atom. The average Bonchev–Trinajstić information content (AvgIpc) is 2.83. The summed E-state index contributed by atoms with van der Waals surface area (Å²) < 4.78 is 17.0. The molecule has 2 rings (SSSR count). The highest BCUT2D eigenvalue weighted by Crippen LogP contribution is 2.30. The largest absolute Gasteiger partial charge is 0.499 e. The lowest BCUT2D eigenvalue weighted by Gasteiger charge is -2.35. The third-order valence-electron chi connectivity index (χ3n) is 6.04. The maximum absolute atomic E-state index is 11.1. The minimum atomic E-state index is -0.0110. The SMILES string of the molecule is COC1=C(C)C(C)=CCC1N(CCO)CCOCCN(CCO)c1ccc(C=O)cc1OC. The Morgan fingerprint density at radius 3 is 2.39 bits per heavy atom. The molecule has 1 aromatic carbocycles. The standard InChI is InChI=1S/C25H38N2O6/c1-19-5-7-23(25(32-4)20(19)2)27(10-14-29)12-16-33-15-11-26(9-13-28)22-8-6-21(18-30)17-24(22)31-3/h5-6,8,17-18,23,28-29H,7,9-16H2,1-4H3. The van der Waals surface area contributed by atoms with Crippen molar-refractivity contribution in [3.63, 3.8) is 0 Å². The highest BCUT2D eigenvalue weighted by atomic mass is 16.5. The molecular weight excluding hydrogens is 424 g/mol. The van der Waals surface area contributed by atoms with Crippen LogP contribution in [0.1, 0.15) is 30.6 Å². The van der Waals surface area contributed by atoms with Crippen LogP contribution in [0, 0.1) is 0 Å². The summed E-state index contributed by atoms with van der Waals surface area (Å²) in [6.07, 6.45) is 3.83. The molecule has 0 spiro atoms. The maximum Gasteiger partial charge on any atom is 0.150 e. The number of aliphatic hydroxyl groups is 2. The first-order chi connectivity index (χ1) is 16.0. The van der Waals surface area contributed by atoms with Crippen molar-refractivity contribution in [2.75, 3.05) is 71.7 Å². The van der Waals surface area contributed by atoms with Gasteiger partial charge in [-0.25, -0.2) is 0 Å². The number of hydrogen-bond acceptors (Lipinski definition) is 8. The van der Waals surface area contributed by atoms with E-state index in [2.05, 4.69) is 24.8 Å². The summed E-state index contributed by atoms with van der Waals surface area (Å²) in [5.74, 6) is 1.53. The normalized spacial score (nSPS) is 16.1. The molecule has 8 nitrogen and oxygen atoms in total. The summed E-state index contributed by atoms with van der Waals surface area (Å²) >= 11 is 0. The van der Waals surface area contributed by atoms with Crippen LogP contribution in [0.2, 0.25) is 0 Å². The molecule has 0 bridgehead atoms. The number of carbonyl (C=O) groups is 1. The number of aldehydes is 1. The van der Waals surface area contributed by atoms with Gasteiger partial charge in [0.1, 0.15) is 17.8 Å². The first-order valence-corrected chi connectivity index (χ1v) is 11.3. The van der Waals surface area contributed by atoms with E-state index in [1.165, 1.54) is 5.57 Å². The Morgan fingerprint density at radius 1 is 1.03 bits per heavy atom. The first kappa shape index (κ1) is 26.9. The van der Waals surface area contributed by atoms with Crippen LogP contribution >= 0.6 is 0 Å². The summed E-state index contributed by atoms with van der Waals surface area (Å²) in [4.78, 5) is 15.2. The molecule has 184 valence electrons. The van der Waals surface area contributed by atoms with Crippen LogP contribution in [0.3, 0.4) is 0 Å². The Labute approximate surface area is 197 Å². The minimum absolute atomic E-state index is 0.0110. The molecule has 1 aromatic rings. The van der Waals surface area contributed by atoms with Gasteiger partial charge in [-0.1, -0.05) is 6.08 Å². The third-order valence-corrected chi connectivity index (χ3v) is 6.04. The molecular formula is C25H38N2O6. The second-order valence-corrected chi connectivity index (χ2v) is 7.96. The van der Waals surface area contributed by atoms with E-state index in [0.717, 1.165) is 29.7 Å². The lowest BCUT2D eigenvalue weighted by atomic mass is 9.94. The van der Waals surface area contributed by atoms with E-state index < -0.39 is 0 Å². The molecule has 1 atom stereocenters. The number of aliphatic hydroxyl groups excluding tert-OH is 2. The van der Waals surface area contributed by atoms with Crippen LogP contribution in [0.4, 0.5) is 5.69 Å². The van der Waals surface area contributed by atoms with Crippen molar-refractivity contribution < 1.29 is 29.2 Å². The molecule has 0 aromatic heterocycles. The van der Waals surface area contributed by atoms with Crippen LogP contribution in [0.15, 0.2) is 41.2 Å². The summed E-state index contributed by atoms with van der Waals surface area (Å²) in [7, 11) is 3.26. The summed E-state index contributed by atoms with van der Waals surface area (Å²) in [6.45, 7) is 7.36. The molecule has 0 saturated carbocycles. The van der Waals surface area contributed by atoms with Crippen molar-refractivity contribution in [1.82, 2.24) is 4.90 Å². The van der Waals surface area contributed by atoms with Crippen molar-refractivity contribution in [1.29, 1.82) is 0 Å². The van der Waals surface area contributed by atoms with E-state index in [1.54, 1.807) is 26.4 Å². The molecule has 0 radical (unpaired) electrons. The predicted molar refractivity (Wildman–Crippen MR) is 129 cm³/mol. The monoisotopic (exact) mass is 462 g/mol. The number of ether oxygens (including phenoxy) is 3. The number of hydrogen-bond donors (Lipinski definition) is 2. The molecule has 33 heavy (non-hydrogen) atoms. The van der Waals surface area contributed by atoms with Crippen LogP contribution in [0.25, 0.3) is 0 Å². The molecule has 0 saturated heterocycles. The number of carbonyl (C=O) groups excluding carboxylic acids is 1. The number of rotatable bonds is 15. The predicted octanol–water partition coefficient (Wildman–Crippen LogP) is 2.26. The van der Waals surface area contributed by atoms with Crippen LogP contribution in [0.5, 0.6) is 5.75 Å². The van der Waals surface area contributed by atoms with E-state index in [4.69, 9.17) is 14.2 Å². The molecule has 0 fully saturated rings. The molecule has 0 amide bonds. The van der Waals surface area contributed by atoms with Gasteiger partial charge in [0.25, 0.3) is 0 Å². The lowest BCUT2D eigenvalue weighted by molar-refractivity contribution is 0.0705. The summed E-state index contributed by atoms with van der Waals surface area (Å²) in [5, 5.41) is 19.1. The second kappa shape index (κ2) is 14.0. The zero-order valence-corrected chi connectivity index (χ0v) is 20.2. The fraction of sp³-hybridized carbons (Fsp3) is 0.560. The Hall–Kier alpha value is -2.39. The first-order valence-electron chi connectivity index (χ1n) is 11.3. The van der Waals surface area contributed by atoms with E-state index >= 15 is 0 Å². The van der Waals surface area contributed by atoms with E-state index in [-0.39, 0.29) is 19.3 Å². The van der Waals surface area contributed by atoms with E-state index in [9.17, 15) is 15.0 Å².